The predicted octanol–water partition coefficient (Wildman–Crippen LogP) is 4.58. The molecule has 0 atom stereocenters. The fraction of sp³-hybridized carbons (Fsp3) is 0.0714. The molecule has 5 heteroatoms. The smallest absolute Gasteiger partial charge is 0.253 e. The van der Waals surface area contributed by atoms with Gasteiger partial charge < -0.3 is 5.32 Å². The lowest BCUT2D eigenvalue weighted by atomic mass is 10.2. The van der Waals surface area contributed by atoms with E-state index in [0.29, 0.717) is 27.2 Å². The summed E-state index contributed by atoms with van der Waals surface area (Å²) in [6.45, 7) is 0.320. The van der Waals surface area contributed by atoms with Gasteiger partial charge >= 0.3 is 0 Å². The number of rotatable bonds is 3. The summed E-state index contributed by atoms with van der Waals surface area (Å²) in [5.41, 5.74) is 1.24. The topological polar surface area (TPSA) is 29.1 Å². The summed E-state index contributed by atoms with van der Waals surface area (Å²) >= 11 is 17.8. The summed E-state index contributed by atoms with van der Waals surface area (Å²) in [6.07, 6.45) is 0. The van der Waals surface area contributed by atoms with Crippen LogP contribution in [0.4, 0.5) is 0 Å². The number of hydrogen-bond acceptors (Lipinski definition) is 1. The summed E-state index contributed by atoms with van der Waals surface area (Å²) in [5, 5.41) is 4.27. The third-order valence-corrected chi connectivity index (χ3v) is 3.49. The lowest BCUT2D eigenvalue weighted by molar-refractivity contribution is 0.0951. The second-order valence-corrected chi connectivity index (χ2v) is 5.15. The zero-order valence-electron chi connectivity index (χ0n) is 9.79. The lowest BCUT2D eigenvalue weighted by Crippen LogP contribution is -2.23. The van der Waals surface area contributed by atoms with Crippen LogP contribution in [-0.2, 0) is 6.54 Å². The van der Waals surface area contributed by atoms with Crippen molar-refractivity contribution < 1.29 is 4.79 Å². The molecule has 0 fully saturated rings. The van der Waals surface area contributed by atoms with E-state index in [1.807, 2.05) is 0 Å². The minimum Gasteiger partial charge on any atom is -0.348 e. The highest BCUT2D eigenvalue weighted by molar-refractivity contribution is 6.35. The summed E-state index contributed by atoms with van der Waals surface area (Å²) in [7, 11) is 0. The van der Waals surface area contributed by atoms with Gasteiger partial charge in [0.15, 0.2) is 0 Å². The first kappa shape index (κ1) is 14.2. The van der Waals surface area contributed by atoms with Gasteiger partial charge in [-0.15, -0.1) is 0 Å². The van der Waals surface area contributed by atoms with Gasteiger partial charge in [-0.3, -0.25) is 4.79 Å². The van der Waals surface area contributed by atoms with Crippen LogP contribution in [-0.4, -0.2) is 5.91 Å². The normalized spacial score (nSPS) is 10.3. The highest BCUT2D eigenvalue weighted by atomic mass is 35.5. The van der Waals surface area contributed by atoms with E-state index < -0.39 is 0 Å². The molecule has 0 aliphatic carbocycles. The van der Waals surface area contributed by atoms with Gasteiger partial charge in [-0.2, -0.15) is 0 Å². The number of halogens is 3. The molecule has 2 nitrogen and oxygen atoms in total. The minimum atomic E-state index is -0.239. The maximum Gasteiger partial charge on any atom is 0.253 e. The van der Waals surface area contributed by atoms with Crippen molar-refractivity contribution in [3.63, 3.8) is 0 Å². The van der Waals surface area contributed by atoms with E-state index in [-0.39, 0.29) is 5.91 Å². The molecule has 0 aliphatic heterocycles. The Labute approximate surface area is 126 Å². The molecule has 2 aromatic rings. The van der Waals surface area contributed by atoms with Gasteiger partial charge in [-0.1, -0.05) is 53.0 Å². The number of hydrogen-bond donors (Lipinski definition) is 1. The lowest BCUT2D eigenvalue weighted by Gasteiger charge is -2.08. The van der Waals surface area contributed by atoms with Crippen molar-refractivity contribution >= 4 is 40.7 Å². The molecule has 0 saturated carbocycles. The van der Waals surface area contributed by atoms with E-state index >= 15 is 0 Å². The van der Waals surface area contributed by atoms with Crippen LogP contribution in [0.1, 0.15) is 15.9 Å². The summed E-state index contributed by atoms with van der Waals surface area (Å²) in [5.74, 6) is -0.239. The van der Waals surface area contributed by atoms with Crippen LogP contribution in [0.15, 0.2) is 42.5 Å². The summed E-state index contributed by atoms with van der Waals surface area (Å²) < 4.78 is 0. The molecule has 0 spiro atoms. The highest BCUT2D eigenvalue weighted by Gasteiger charge is 2.09. The Bertz CT molecular complexity index is 613. The third-order valence-electron chi connectivity index (χ3n) is 2.57. The second kappa shape index (κ2) is 6.29. The van der Waals surface area contributed by atoms with Gasteiger partial charge in [0.1, 0.15) is 0 Å². The van der Waals surface area contributed by atoms with E-state index in [9.17, 15) is 4.79 Å². The zero-order valence-corrected chi connectivity index (χ0v) is 12.1. The van der Waals surface area contributed by atoms with Crippen LogP contribution in [0, 0.1) is 0 Å². The SMILES string of the molecule is O=C(NCc1ccc(Cl)cc1Cl)c1ccccc1Cl. The van der Waals surface area contributed by atoms with Gasteiger partial charge in [0, 0.05) is 16.6 Å². The highest BCUT2D eigenvalue weighted by Crippen LogP contribution is 2.21. The van der Waals surface area contributed by atoms with E-state index in [1.165, 1.54) is 0 Å². The summed E-state index contributed by atoms with van der Waals surface area (Å²) in [6, 6.07) is 12.0. The molecule has 2 aromatic carbocycles. The summed E-state index contributed by atoms with van der Waals surface area (Å²) in [4.78, 5) is 12.0. The van der Waals surface area contributed by atoms with E-state index in [2.05, 4.69) is 5.32 Å². The fourth-order valence-corrected chi connectivity index (χ4v) is 2.28. The van der Waals surface area contributed by atoms with Gasteiger partial charge in [0.05, 0.1) is 10.6 Å². The van der Waals surface area contributed by atoms with Gasteiger partial charge in [-0.25, -0.2) is 0 Å². The van der Waals surface area contributed by atoms with Crippen molar-refractivity contribution in [2.24, 2.45) is 0 Å². The van der Waals surface area contributed by atoms with E-state index in [4.69, 9.17) is 34.8 Å². The van der Waals surface area contributed by atoms with Crippen LogP contribution in [0.3, 0.4) is 0 Å². The van der Waals surface area contributed by atoms with Gasteiger partial charge in [0.25, 0.3) is 5.91 Å². The minimum absolute atomic E-state index is 0.239. The quantitative estimate of drug-likeness (QED) is 0.883. The largest absolute Gasteiger partial charge is 0.348 e. The number of amides is 1. The maximum absolute atomic E-state index is 12.0. The predicted molar refractivity (Wildman–Crippen MR) is 79.1 cm³/mol. The van der Waals surface area contributed by atoms with Gasteiger partial charge in [0.2, 0.25) is 0 Å². The van der Waals surface area contributed by atoms with Gasteiger partial charge in [-0.05, 0) is 29.8 Å². The number of benzene rings is 2. The molecule has 1 amide bonds. The molecule has 19 heavy (non-hydrogen) atoms. The molecule has 2 rings (SSSR count). The monoisotopic (exact) mass is 313 g/mol. The van der Waals surface area contributed by atoms with Crippen LogP contribution < -0.4 is 5.32 Å². The first-order valence-electron chi connectivity index (χ1n) is 5.54. The Morgan fingerprint density at radius 1 is 1.00 bits per heavy atom. The fourth-order valence-electron chi connectivity index (χ4n) is 1.58. The molecular weight excluding hydrogens is 305 g/mol. The molecule has 1 N–H and O–H groups in total. The standard InChI is InChI=1S/C14H10Cl3NO/c15-10-6-5-9(13(17)7-10)8-18-14(19)11-3-1-2-4-12(11)16/h1-7H,8H2,(H,18,19). The number of carbonyl (C=O) groups is 1. The second-order valence-electron chi connectivity index (χ2n) is 3.90. The average molecular weight is 315 g/mol. The number of nitrogens with one attached hydrogen (secondary N) is 1. The Morgan fingerprint density at radius 2 is 1.74 bits per heavy atom. The molecule has 0 aliphatic rings. The van der Waals surface area contributed by atoms with Crippen molar-refractivity contribution in [3.8, 4) is 0 Å². The maximum atomic E-state index is 12.0. The Balaban J connectivity index is 2.07. The molecule has 0 bridgehead atoms. The average Bonchev–Trinajstić information content (AvgIpc) is 2.38. The number of carbonyl (C=O) groups excluding carboxylic acids is 1. The first-order valence-corrected chi connectivity index (χ1v) is 6.68. The van der Waals surface area contributed by atoms with Crippen molar-refractivity contribution in [2.45, 2.75) is 6.54 Å². The van der Waals surface area contributed by atoms with Crippen molar-refractivity contribution in [1.29, 1.82) is 0 Å². The molecule has 0 radical (unpaired) electrons. The Hall–Kier alpha value is -1.22. The van der Waals surface area contributed by atoms with E-state index in [1.54, 1.807) is 42.5 Å². The van der Waals surface area contributed by atoms with Crippen LogP contribution in [0.5, 0.6) is 0 Å². The molecule has 0 saturated heterocycles. The van der Waals surface area contributed by atoms with Crippen LogP contribution >= 0.6 is 34.8 Å². The molecule has 98 valence electrons. The molecule has 0 heterocycles. The van der Waals surface area contributed by atoms with E-state index in [0.717, 1.165) is 5.56 Å². The van der Waals surface area contributed by atoms with Crippen molar-refractivity contribution in [2.75, 3.05) is 0 Å². The van der Waals surface area contributed by atoms with Crippen molar-refractivity contribution in [1.82, 2.24) is 5.32 Å². The first-order chi connectivity index (χ1) is 9.08. The Morgan fingerprint density at radius 3 is 2.42 bits per heavy atom. The van der Waals surface area contributed by atoms with Crippen LogP contribution in [0.2, 0.25) is 15.1 Å². The molecular formula is C14H10Cl3NO. The van der Waals surface area contributed by atoms with Crippen molar-refractivity contribution in [3.05, 3.63) is 68.7 Å². The zero-order chi connectivity index (χ0) is 13.8. The third kappa shape index (κ3) is 3.63. The molecule has 0 aromatic heterocycles. The van der Waals surface area contributed by atoms with Crippen LogP contribution in [0.25, 0.3) is 0 Å². The Kier molecular flexibility index (Phi) is 4.70. The molecule has 0 unspecified atom stereocenters.